The number of carbonyl (C=O) groups is 1. The van der Waals surface area contributed by atoms with Gasteiger partial charge in [0.15, 0.2) is 0 Å². The van der Waals surface area contributed by atoms with Gasteiger partial charge in [0.25, 0.3) is 0 Å². The van der Waals surface area contributed by atoms with E-state index in [1.54, 1.807) is 12.3 Å². The van der Waals surface area contributed by atoms with Gasteiger partial charge < -0.3 is 10.0 Å². The van der Waals surface area contributed by atoms with Crippen molar-refractivity contribution in [3.63, 3.8) is 0 Å². The summed E-state index contributed by atoms with van der Waals surface area (Å²) in [6.07, 6.45) is 5.39. The number of anilines is 1. The zero-order chi connectivity index (χ0) is 11.5. The van der Waals surface area contributed by atoms with Crippen LogP contribution < -0.4 is 4.90 Å². The molecule has 0 radical (unpaired) electrons. The summed E-state index contributed by atoms with van der Waals surface area (Å²) in [5.74, 6) is -0.210. The standard InChI is InChI=1S/C12H16N2O2/c1-2-9-4-6-14(8-9)11-3-5-13-7-10(11)12(15)16/h3,5,7,9H,2,4,6,8H2,1H3,(H,15,16). The van der Waals surface area contributed by atoms with Crippen LogP contribution >= 0.6 is 0 Å². The lowest BCUT2D eigenvalue weighted by Gasteiger charge is -2.20. The van der Waals surface area contributed by atoms with E-state index < -0.39 is 5.97 Å². The molecule has 0 aromatic carbocycles. The van der Waals surface area contributed by atoms with Crippen molar-refractivity contribution >= 4 is 11.7 Å². The number of aromatic nitrogens is 1. The first-order valence-electron chi connectivity index (χ1n) is 5.64. The average Bonchev–Trinajstić information content (AvgIpc) is 2.77. The summed E-state index contributed by atoms with van der Waals surface area (Å²) in [5.41, 5.74) is 1.11. The van der Waals surface area contributed by atoms with Gasteiger partial charge in [-0.05, 0) is 18.4 Å². The Morgan fingerprint density at radius 1 is 1.69 bits per heavy atom. The highest BCUT2D eigenvalue weighted by Gasteiger charge is 2.24. The number of hydrogen-bond donors (Lipinski definition) is 1. The molecule has 4 nitrogen and oxygen atoms in total. The molecule has 1 aromatic rings. The van der Waals surface area contributed by atoms with Gasteiger partial charge in [0, 0.05) is 25.5 Å². The Balaban J connectivity index is 2.24. The third-order valence-corrected chi connectivity index (χ3v) is 3.23. The fourth-order valence-electron chi connectivity index (χ4n) is 2.21. The number of pyridine rings is 1. The van der Waals surface area contributed by atoms with Crippen molar-refractivity contribution in [2.45, 2.75) is 19.8 Å². The van der Waals surface area contributed by atoms with Crippen LogP contribution in [0.5, 0.6) is 0 Å². The van der Waals surface area contributed by atoms with Gasteiger partial charge in [-0.2, -0.15) is 0 Å². The van der Waals surface area contributed by atoms with Gasteiger partial charge >= 0.3 is 5.97 Å². The third-order valence-electron chi connectivity index (χ3n) is 3.23. The summed E-state index contributed by atoms with van der Waals surface area (Å²) in [4.78, 5) is 17.1. The van der Waals surface area contributed by atoms with Crippen LogP contribution in [0.1, 0.15) is 30.1 Å². The maximum Gasteiger partial charge on any atom is 0.339 e. The molecule has 1 saturated heterocycles. The van der Waals surface area contributed by atoms with Crippen LogP contribution in [0.15, 0.2) is 18.5 Å². The molecular weight excluding hydrogens is 204 g/mol. The maximum atomic E-state index is 11.1. The van der Waals surface area contributed by atoms with Crippen molar-refractivity contribution in [1.82, 2.24) is 4.98 Å². The molecule has 4 heteroatoms. The molecule has 2 heterocycles. The highest BCUT2D eigenvalue weighted by Crippen LogP contribution is 2.27. The molecular formula is C12H16N2O2. The molecule has 0 spiro atoms. The van der Waals surface area contributed by atoms with E-state index in [1.807, 2.05) is 0 Å². The van der Waals surface area contributed by atoms with Crippen molar-refractivity contribution in [1.29, 1.82) is 0 Å². The molecule has 0 aliphatic carbocycles. The van der Waals surface area contributed by atoms with Crippen molar-refractivity contribution in [3.05, 3.63) is 24.0 Å². The monoisotopic (exact) mass is 220 g/mol. The van der Waals surface area contributed by atoms with Gasteiger partial charge in [-0.15, -0.1) is 0 Å². The van der Waals surface area contributed by atoms with E-state index in [9.17, 15) is 4.79 Å². The molecule has 1 unspecified atom stereocenters. The first-order valence-corrected chi connectivity index (χ1v) is 5.64. The van der Waals surface area contributed by atoms with E-state index in [4.69, 9.17) is 5.11 Å². The molecule has 1 N–H and O–H groups in total. The number of hydrogen-bond acceptors (Lipinski definition) is 3. The predicted octanol–water partition coefficient (Wildman–Crippen LogP) is 2.02. The molecule has 0 saturated carbocycles. The average molecular weight is 220 g/mol. The van der Waals surface area contributed by atoms with Crippen LogP contribution in [0.4, 0.5) is 5.69 Å². The molecule has 0 amide bonds. The molecule has 1 aromatic heterocycles. The quantitative estimate of drug-likeness (QED) is 0.846. The highest BCUT2D eigenvalue weighted by molar-refractivity contribution is 5.94. The Hall–Kier alpha value is -1.58. The molecule has 1 atom stereocenters. The zero-order valence-corrected chi connectivity index (χ0v) is 9.39. The SMILES string of the molecule is CCC1CCN(c2ccncc2C(=O)O)C1. The molecule has 2 rings (SSSR count). The summed E-state index contributed by atoms with van der Waals surface area (Å²) in [5, 5.41) is 9.08. The van der Waals surface area contributed by atoms with E-state index in [0.717, 1.165) is 31.6 Å². The van der Waals surface area contributed by atoms with Gasteiger partial charge in [0.2, 0.25) is 0 Å². The molecule has 86 valence electrons. The van der Waals surface area contributed by atoms with E-state index in [-0.39, 0.29) is 0 Å². The summed E-state index contributed by atoms with van der Waals surface area (Å²) >= 11 is 0. The molecule has 1 aliphatic heterocycles. The molecule has 1 fully saturated rings. The van der Waals surface area contributed by atoms with Gasteiger partial charge in [-0.25, -0.2) is 4.79 Å². The number of carboxylic acids is 1. The molecule has 1 aliphatic rings. The first-order chi connectivity index (χ1) is 7.72. The molecule has 0 bridgehead atoms. The second-order valence-corrected chi connectivity index (χ2v) is 4.21. The number of rotatable bonds is 3. The Kier molecular flexibility index (Phi) is 3.08. The van der Waals surface area contributed by atoms with E-state index in [2.05, 4.69) is 16.8 Å². The maximum absolute atomic E-state index is 11.1. The van der Waals surface area contributed by atoms with E-state index >= 15 is 0 Å². The van der Waals surface area contributed by atoms with Gasteiger partial charge in [0.1, 0.15) is 5.56 Å². The summed E-state index contributed by atoms with van der Waals surface area (Å²) < 4.78 is 0. The summed E-state index contributed by atoms with van der Waals surface area (Å²) in [6.45, 7) is 4.09. The van der Waals surface area contributed by atoms with Gasteiger partial charge in [0.05, 0.1) is 5.69 Å². The lowest BCUT2D eigenvalue weighted by atomic mass is 10.1. The third kappa shape index (κ3) is 2.01. The number of aromatic carboxylic acids is 1. The van der Waals surface area contributed by atoms with Crippen molar-refractivity contribution < 1.29 is 9.90 Å². The van der Waals surface area contributed by atoms with Gasteiger partial charge in [-0.3, -0.25) is 4.98 Å². The van der Waals surface area contributed by atoms with Crippen LogP contribution in [0.25, 0.3) is 0 Å². The number of carboxylic acid groups (broad SMARTS) is 1. The second kappa shape index (κ2) is 4.51. The Bertz CT molecular complexity index is 392. The fraction of sp³-hybridized carbons (Fsp3) is 0.500. The summed E-state index contributed by atoms with van der Waals surface area (Å²) in [6, 6.07) is 1.79. The van der Waals surface area contributed by atoms with Gasteiger partial charge in [-0.1, -0.05) is 13.3 Å². The highest BCUT2D eigenvalue weighted by atomic mass is 16.4. The van der Waals surface area contributed by atoms with Crippen molar-refractivity contribution in [2.24, 2.45) is 5.92 Å². The largest absolute Gasteiger partial charge is 0.478 e. The zero-order valence-electron chi connectivity index (χ0n) is 9.39. The number of nitrogens with zero attached hydrogens (tertiary/aromatic N) is 2. The van der Waals surface area contributed by atoms with Crippen LogP contribution in [-0.2, 0) is 0 Å². The lowest BCUT2D eigenvalue weighted by Crippen LogP contribution is -2.22. The van der Waals surface area contributed by atoms with Crippen molar-refractivity contribution in [3.8, 4) is 0 Å². The minimum absolute atomic E-state index is 0.305. The minimum atomic E-state index is -0.900. The topological polar surface area (TPSA) is 53.4 Å². The van der Waals surface area contributed by atoms with Crippen LogP contribution in [0.2, 0.25) is 0 Å². The first kappa shape index (κ1) is 10.9. The Labute approximate surface area is 94.9 Å². The Morgan fingerprint density at radius 2 is 2.50 bits per heavy atom. The Morgan fingerprint density at radius 3 is 3.12 bits per heavy atom. The second-order valence-electron chi connectivity index (χ2n) is 4.21. The smallest absolute Gasteiger partial charge is 0.339 e. The predicted molar refractivity (Wildman–Crippen MR) is 61.8 cm³/mol. The minimum Gasteiger partial charge on any atom is -0.478 e. The van der Waals surface area contributed by atoms with E-state index in [1.165, 1.54) is 6.20 Å². The fourth-order valence-corrected chi connectivity index (χ4v) is 2.21. The van der Waals surface area contributed by atoms with Crippen LogP contribution in [0.3, 0.4) is 0 Å². The molecule has 16 heavy (non-hydrogen) atoms. The normalized spacial score (nSPS) is 20.1. The van der Waals surface area contributed by atoms with Crippen LogP contribution in [-0.4, -0.2) is 29.1 Å². The van der Waals surface area contributed by atoms with Crippen molar-refractivity contribution in [2.75, 3.05) is 18.0 Å². The lowest BCUT2D eigenvalue weighted by molar-refractivity contribution is 0.0697. The van der Waals surface area contributed by atoms with Crippen LogP contribution in [0, 0.1) is 5.92 Å². The van der Waals surface area contributed by atoms with E-state index in [0.29, 0.717) is 11.5 Å². The summed E-state index contributed by atoms with van der Waals surface area (Å²) in [7, 11) is 0.